The summed E-state index contributed by atoms with van der Waals surface area (Å²) in [6.45, 7) is 3.45. The molecule has 3 rings (SSSR count). The van der Waals surface area contributed by atoms with Gasteiger partial charge in [0.1, 0.15) is 6.61 Å². The van der Waals surface area contributed by atoms with Crippen molar-refractivity contribution in [3.63, 3.8) is 0 Å². The Balaban J connectivity index is 1.80. The lowest BCUT2D eigenvalue weighted by atomic mass is 10.1. The van der Waals surface area contributed by atoms with Crippen molar-refractivity contribution < 1.29 is 23.8 Å². The highest BCUT2D eigenvalue weighted by atomic mass is 35.5. The molecule has 0 aliphatic carbocycles. The minimum atomic E-state index is -0.315. The number of imide groups is 1. The average molecular weight is 462 g/mol. The van der Waals surface area contributed by atoms with Crippen LogP contribution in [0, 0.1) is 0 Å². The van der Waals surface area contributed by atoms with E-state index in [4.69, 9.17) is 25.8 Å². The molecule has 6 nitrogen and oxygen atoms in total. The smallest absolute Gasteiger partial charge is 0.293 e. The van der Waals surface area contributed by atoms with Gasteiger partial charge in [0, 0.05) is 20.3 Å². The summed E-state index contributed by atoms with van der Waals surface area (Å²) in [5.41, 5.74) is 1.66. The second-order valence-corrected chi connectivity index (χ2v) is 8.12. The van der Waals surface area contributed by atoms with E-state index in [2.05, 4.69) is 0 Å². The van der Waals surface area contributed by atoms with Gasteiger partial charge in [-0.3, -0.25) is 14.5 Å². The van der Waals surface area contributed by atoms with Gasteiger partial charge in [0.25, 0.3) is 11.1 Å². The molecule has 1 aliphatic heterocycles. The van der Waals surface area contributed by atoms with E-state index < -0.39 is 0 Å². The highest BCUT2D eigenvalue weighted by Gasteiger charge is 2.34. The number of carbonyl (C=O) groups is 2. The molecule has 2 amide bonds. The molecule has 8 heteroatoms. The number of nitrogens with zero attached hydrogens (tertiary/aromatic N) is 1. The van der Waals surface area contributed by atoms with E-state index in [0.717, 1.165) is 17.3 Å². The first-order valence-electron chi connectivity index (χ1n) is 9.90. The summed E-state index contributed by atoms with van der Waals surface area (Å²) in [4.78, 5) is 26.4. The number of methoxy groups -OCH3 is 1. The van der Waals surface area contributed by atoms with Crippen LogP contribution in [0.15, 0.2) is 47.4 Å². The number of halogens is 1. The first kappa shape index (κ1) is 23.2. The lowest BCUT2D eigenvalue weighted by molar-refractivity contribution is -0.122. The van der Waals surface area contributed by atoms with Gasteiger partial charge in [-0.2, -0.15) is 0 Å². The van der Waals surface area contributed by atoms with Crippen molar-refractivity contribution in [3.05, 3.63) is 63.5 Å². The molecular formula is C23H24ClNO5S. The first-order valence-corrected chi connectivity index (χ1v) is 11.1. The molecule has 2 aromatic carbocycles. The number of ether oxygens (including phenoxy) is 3. The molecule has 2 aromatic rings. The molecule has 0 aromatic heterocycles. The number of hydrogen-bond donors (Lipinski definition) is 0. The lowest BCUT2D eigenvalue weighted by Gasteiger charge is -2.15. The molecule has 1 saturated heterocycles. The van der Waals surface area contributed by atoms with Crippen LogP contribution in [0.4, 0.5) is 4.79 Å². The van der Waals surface area contributed by atoms with E-state index in [1.165, 1.54) is 4.90 Å². The van der Waals surface area contributed by atoms with Crippen molar-refractivity contribution in [2.24, 2.45) is 0 Å². The van der Waals surface area contributed by atoms with Crippen molar-refractivity contribution >= 4 is 40.6 Å². The average Bonchev–Trinajstić information content (AvgIpc) is 3.01. The third-order valence-corrected chi connectivity index (χ3v) is 5.65. The Bertz CT molecular complexity index is 964. The Kier molecular flexibility index (Phi) is 8.40. The fourth-order valence-corrected chi connectivity index (χ4v) is 4.15. The standard InChI is InChI=1S/C23H24ClNO5S/c1-3-29-19-13-17(12-18(24)21(19)30-15-16-8-5-4-6-9-16)14-20-22(26)25(23(27)31-20)10-7-11-28-2/h4-6,8-9,12-14H,3,7,10-11,15H2,1-2H3/b20-14+. The van der Waals surface area contributed by atoms with Crippen LogP contribution >= 0.6 is 23.4 Å². The summed E-state index contributed by atoms with van der Waals surface area (Å²) in [7, 11) is 1.58. The van der Waals surface area contributed by atoms with E-state index in [9.17, 15) is 9.59 Å². The summed E-state index contributed by atoms with van der Waals surface area (Å²) >= 11 is 7.40. The predicted molar refractivity (Wildman–Crippen MR) is 123 cm³/mol. The van der Waals surface area contributed by atoms with Gasteiger partial charge >= 0.3 is 0 Å². The summed E-state index contributed by atoms with van der Waals surface area (Å²) < 4.78 is 16.6. The van der Waals surface area contributed by atoms with Crippen molar-refractivity contribution in [1.82, 2.24) is 4.90 Å². The highest BCUT2D eigenvalue weighted by molar-refractivity contribution is 8.18. The number of hydrogen-bond acceptors (Lipinski definition) is 6. The van der Waals surface area contributed by atoms with Crippen LogP contribution in [-0.4, -0.2) is 42.9 Å². The molecule has 31 heavy (non-hydrogen) atoms. The van der Waals surface area contributed by atoms with Crippen molar-refractivity contribution in [1.29, 1.82) is 0 Å². The molecule has 0 unspecified atom stereocenters. The minimum absolute atomic E-state index is 0.286. The van der Waals surface area contributed by atoms with Crippen LogP contribution in [0.5, 0.6) is 11.5 Å². The van der Waals surface area contributed by atoms with E-state index in [-0.39, 0.29) is 11.1 Å². The second-order valence-electron chi connectivity index (χ2n) is 6.72. The van der Waals surface area contributed by atoms with Gasteiger partial charge in [-0.25, -0.2) is 0 Å². The van der Waals surface area contributed by atoms with E-state index in [1.807, 2.05) is 37.3 Å². The van der Waals surface area contributed by atoms with Crippen molar-refractivity contribution in [2.75, 3.05) is 26.9 Å². The van der Waals surface area contributed by atoms with Gasteiger partial charge in [-0.15, -0.1) is 0 Å². The Morgan fingerprint density at radius 1 is 1.13 bits per heavy atom. The van der Waals surface area contributed by atoms with Crippen molar-refractivity contribution in [2.45, 2.75) is 20.0 Å². The molecule has 1 heterocycles. The fourth-order valence-electron chi connectivity index (χ4n) is 3.02. The van der Waals surface area contributed by atoms with Crippen molar-refractivity contribution in [3.8, 4) is 11.5 Å². The van der Waals surface area contributed by atoms with E-state index in [0.29, 0.717) is 59.8 Å². The Morgan fingerprint density at radius 3 is 2.61 bits per heavy atom. The fraction of sp³-hybridized carbons (Fsp3) is 0.304. The third kappa shape index (κ3) is 6.03. The molecule has 0 saturated carbocycles. The quantitative estimate of drug-likeness (QED) is 0.349. The maximum Gasteiger partial charge on any atom is 0.293 e. The van der Waals surface area contributed by atoms with Gasteiger partial charge in [0.15, 0.2) is 11.5 Å². The highest BCUT2D eigenvalue weighted by Crippen LogP contribution is 2.39. The van der Waals surface area contributed by atoms with Gasteiger partial charge in [-0.1, -0.05) is 41.9 Å². The van der Waals surface area contributed by atoms with Crippen LogP contribution in [0.3, 0.4) is 0 Å². The van der Waals surface area contributed by atoms with Gasteiger partial charge in [0.2, 0.25) is 0 Å². The van der Waals surface area contributed by atoms with Gasteiger partial charge < -0.3 is 14.2 Å². The van der Waals surface area contributed by atoms with Crippen LogP contribution in [0.25, 0.3) is 6.08 Å². The zero-order valence-electron chi connectivity index (χ0n) is 17.4. The van der Waals surface area contributed by atoms with Gasteiger partial charge in [0.05, 0.1) is 16.5 Å². The normalized spacial score (nSPS) is 15.1. The summed E-state index contributed by atoms with van der Waals surface area (Å²) in [6, 6.07) is 13.2. The number of rotatable bonds is 10. The summed E-state index contributed by atoms with van der Waals surface area (Å²) in [5.74, 6) is 0.610. The number of amides is 2. The minimum Gasteiger partial charge on any atom is -0.490 e. The van der Waals surface area contributed by atoms with Crippen LogP contribution in [0.1, 0.15) is 24.5 Å². The maximum atomic E-state index is 12.6. The predicted octanol–water partition coefficient (Wildman–Crippen LogP) is 5.39. The first-order chi connectivity index (χ1) is 15.0. The molecule has 0 bridgehead atoms. The largest absolute Gasteiger partial charge is 0.490 e. The molecule has 0 N–H and O–H groups in total. The van der Waals surface area contributed by atoms with Crippen LogP contribution < -0.4 is 9.47 Å². The SMILES string of the molecule is CCOc1cc(/C=C2/SC(=O)N(CCCOC)C2=O)cc(Cl)c1OCc1ccccc1. The third-order valence-electron chi connectivity index (χ3n) is 4.46. The maximum absolute atomic E-state index is 12.6. The summed E-state index contributed by atoms with van der Waals surface area (Å²) in [5, 5.41) is 0.0822. The molecule has 0 atom stereocenters. The van der Waals surface area contributed by atoms with E-state index in [1.54, 1.807) is 25.3 Å². The molecule has 1 fully saturated rings. The zero-order valence-corrected chi connectivity index (χ0v) is 19.0. The summed E-state index contributed by atoms with van der Waals surface area (Å²) in [6.07, 6.45) is 2.24. The molecule has 1 aliphatic rings. The Labute approximate surface area is 191 Å². The van der Waals surface area contributed by atoms with Crippen LogP contribution in [-0.2, 0) is 16.1 Å². The molecular weight excluding hydrogens is 438 g/mol. The molecule has 0 spiro atoms. The van der Waals surface area contributed by atoms with Gasteiger partial charge in [-0.05, 0) is 54.4 Å². The Hall–Kier alpha value is -2.48. The van der Waals surface area contributed by atoms with E-state index >= 15 is 0 Å². The monoisotopic (exact) mass is 461 g/mol. The van der Waals surface area contributed by atoms with Crippen LogP contribution in [0.2, 0.25) is 5.02 Å². The zero-order chi connectivity index (χ0) is 22.2. The lowest BCUT2D eigenvalue weighted by Crippen LogP contribution is -2.29. The number of thioether (sulfide) groups is 1. The molecule has 0 radical (unpaired) electrons. The number of carbonyl (C=O) groups excluding carboxylic acids is 2. The topological polar surface area (TPSA) is 65.1 Å². The molecule has 164 valence electrons. The second kappa shape index (κ2) is 11.2. The number of benzene rings is 2. The Morgan fingerprint density at radius 2 is 1.90 bits per heavy atom.